The normalized spacial score (nSPS) is 20.1. The zero-order valence-corrected chi connectivity index (χ0v) is 12.5. The van der Waals surface area contributed by atoms with E-state index in [1.54, 1.807) is 12.3 Å². The second-order valence-corrected chi connectivity index (χ2v) is 6.60. The van der Waals surface area contributed by atoms with Crippen LogP contribution in [0.3, 0.4) is 0 Å². The standard InChI is InChI=1S/C15H24N4O/c1-15(2,3)12-6-7-19(9-12)10-13-5-4-11(8-17-13)14(20)18-16/h4-5,8,12H,6-7,9-10,16H2,1-3H3,(H,18,20). The van der Waals surface area contributed by atoms with Crippen molar-refractivity contribution in [2.75, 3.05) is 13.1 Å². The Morgan fingerprint density at radius 1 is 1.50 bits per heavy atom. The molecule has 2 rings (SSSR count). The van der Waals surface area contributed by atoms with E-state index in [2.05, 4.69) is 36.1 Å². The molecule has 1 aromatic heterocycles. The van der Waals surface area contributed by atoms with Crippen LogP contribution >= 0.6 is 0 Å². The van der Waals surface area contributed by atoms with E-state index >= 15 is 0 Å². The zero-order chi connectivity index (χ0) is 14.8. The minimum Gasteiger partial charge on any atom is -0.297 e. The van der Waals surface area contributed by atoms with Crippen LogP contribution < -0.4 is 11.3 Å². The van der Waals surface area contributed by atoms with Gasteiger partial charge in [0.2, 0.25) is 0 Å². The van der Waals surface area contributed by atoms with Crippen LogP contribution in [0, 0.1) is 11.3 Å². The van der Waals surface area contributed by atoms with Gasteiger partial charge in [-0.05, 0) is 36.4 Å². The van der Waals surface area contributed by atoms with E-state index in [1.807, 2.05) is 6.07 Å². The van der Waals surface area contributed by atoms with Crippen molar-refractivity contribution in [3.05, 3.63) is 29.6 Å². The van der Waals surface area contributed by atoms with Gasteiger partial charge in [0, 0.05) is 19.3 Å². The lowest BCUT2D eigenvalue weighted by Gasteiger charge is -2.27. The second-order valence-electron chi connectivity index (χ2n) is 6.60. The highest BCUT2D eigenvalue weighted by Crippen LogP contribution is 2.33. The quantitative estimate of drug-likeness (QED) is 0.499. The predicted octanol–water partition coefficient (Wildman–Crippen LogP) is 1.55. The molecule has 0 radical (unpaired) electrons. The van der Waals surface area contributed by atoms with Gasteiger partial charge in [-0.25, -0.2) is 5.84 Å². The van der Waals surface area contributed by atoms with Crippen molar-refractivity contribution in [2.24, 2.45) is 17.2 Å². The fourth-order valence-electron chi connectivity index (χ4n) is 2.65. The van der Waals surface area contributed by atoms with E-state index in [0.717, 1.165) is 31.2 Å². The van der Waals surface area contributed by atoms with Crippen LogP contribution in [-0.4, -0.2) is 28.9 Å². The van der Waals surface area contributed by atoms with Crippen LogP contribution in [0.5, 0.6) is 0 Å². The van der Waals surface area contributed by atoms with Crippen molar-refractivity contribution in [3.8, 4) is 0 Å². The molecule has 0 spiro atoms. The van der Waals surface area contributed by atoms with Gasteiger partial charge in [0.1, 0.15) is 0 Å². The summed E-state index contributed by atoms with van der Waals surface area (Å²) in [6.45, 7) is 10.0. The number of pyridine rings is 1. The SMILES string of the molecule is CC(C)(C)C1CCN(Cc2ccc(C(=O)NN)cn2)C1. The van der Waals surface area contributed by atoms with E-state index in [9.17, 15) is 4.79 Å². The van der Waals surface area contributed by atoms with Gasteiger partial charge in [0.25, 0.3) is 5.91 Å². The molecule has 20 heavy (non-hydrogen) atoms. The first-order valence-electron chi connectivity index (χ1n) is 7.08. The Bertz CT molecular complexity index is 464. The summed E-state index contributed by atoms with van der Waals surface area (Å²) in [6, 6.07) is 3.66. The molecule has 1 aliphatic heterocycles. The van der Waals surface area contributed by atoms with Crippen molar-refractivity contribution in [3.63, 3.8) is 0 Å². The van der Waals surface area contributed by atoms with Gasteiger partial charge in [0.05, 0.1) is 11.3 Å². The Morgan fingerprint density at radius 3 is 2.75 bits per heavy atom. The highest BCUT2D eigenvalue weighted by molar-refractivity contribution is 5.93. The number of nitrogen functional groups attached to an aromatic ring is 1. The first kappa shape index (κ1) is 14.9. The summed E-state index contributed by atoms with van der Waals surface area (Å²) in [6.07, 6.45) is 2.83. The summed E-state index contributed by atoms with van der Waals surface area (Å²) < 4.78 is 0. The molecule has 0 saturated carbocycles. The summed E-state index contributed by atoms with van der Waals surface area (Å²) in [5.74, 6) is 5.53. The Hall–Kier alpha value is -1.46. The fourth-order valence-corrected chi connectivity index (χ4v) is 2.65. The largest absolute Gasteiger partial charge is 0.297 e. The molecule has 5 heteroatoms. The number of hydrazine groups is 1. The maximum Gasteiger partial charge on any atom is 0.266 e. The molecule has 5 nitrogen and oxygen atoms in total. The van der Waals surface area contributed by atoms with Gasteiger partial charge in [-0.1, -0.05) is 20.8 Å². The maximum atomic E-state index is 11.3. The number of nitrogens with one attached hydrogen (secondary N) is 1. The van der Waals surface area contributed by atoms with Crippen LogP contribution in [0.2, 0.25) is 0 Å². The van der Waals surface area contributed by atoms with Crippen LogP contribution in [-0.2, 0) is 6.54 Å². The number of hydrogen-bond donors (Lipinski definition) is 2. The van der Waals surface area contributed by atoms with Crippen molar-refractivity contribution in [2.45, 2.75) is 33.7 Å². The molecule has 1 amide bonds. The van der Waals surface area contributed by atoms with Crippen molar-refractivity contribution < 1.29 is 4.79 Å². The average Bonchev–Trinajstić information content (AvgIpc) is 2.87. The Balaban J connectivity index is 1.93. The first-order chi connectivity index (χ1) is 9.40. The number of amides is 1. The second kappa shape index (κ2) is 5.89. The molecule has 1 fully saturated rings. The van der Waals surface area contributed by atoms with Crippen molar-refractivity contribution in [1.29, 1.82) is 0 Å². The third-order valence-electron chi connectivity index (χ3n) is 4.10. The summed E-state index contributed by atoms with van der Waals surface area (Å²) in [5, 5.41) is 0. The summed E-state index contributed by atoms with van der Waals surface area (Å²) in [4.78, 5) is 18.1. The van der Waals surface area contributed by atoms with E-state index < -0.39 is 0 Å². The zero-order valence-electron chi connectivity index (χ0n) is 12.5. The van der Waals surface area contributed by atoms with Crippen LogP contribution in [0.15, 0.2) is 18.3 Å². The maximum absolute atomic E-state index is 11.3. The number of aromatic nitrogens is 1. The predicted molar refractivity (Wildman–Crippen MR) is 78.7 cm³/mol. The summed E-state index contributed by atoms with van der Waals surface area (Å²) in [7, 11) is 0. The lowest BCUT2D eigenvalue weighted by molar-refractivity contribution is 0.0953. The number of carbonyl (C=O) groups is 1. The molecule has 1 saturated heterocycles. The topological polar surface area (TPSA) is 71.2 Å². The van der Waals surface area contributed by atoms with E-state index in [-0.39, 0.29) is 5.91 Å². The smallest absolute Gasteiger partial charge is 0.266 e. The Labute approximate surface area is 120 Å². The third kappa shape index (κ3) is 3.55. The van der Waals surface area contributed by atoms with Gasteiger partial charge < -0.3 is 0 Å². The molecule has 0 bridgehead atoms. The average molecular weight is 276 g/mol. The number of hydrogen-bond acceptors (Lipinski definition) is 4. The lowest BCUT2D eigenvalue weighted by Crippen LogP contribution is -2.30. The van der Waals surface area contributed by atoms with Crippen LogP contribution in [0.25, 0.3) is 0 Å². The minimum absolute atomic E-state index is 0.307. The van der Waals surface area contributed by atoms with E-state index in [1.165, 1.54) is 6.42 Å². The Morgan fingerprint density at radius 2 is 2.25 bits per heavy atom. The number of nitrogens with zero attached hydrogens (tertiary/aromatic N) is 2. The molecular formula is C15H24N4O. The number of likely N-dealkylation sites (tertiary alicyclic amines) is 1. The molecule has 110 valence electrons. The Kier molecular flexibility index (Phi) is 4.40. The van der Waals surface area contributed by atoms with Gasteiger partial charge in [-0.3, -0.25) is 20.1 Å². The number of carbonyl (C=O) groups excluding carboxylic acids is 1. The fraction of sp³-hybridized carbons (Fsp3) is 0.600. The van der Waals surface area contributed by atoms with Gasteiger partial charge in [0.15, 0.2) is 0 Å². The number of nitrogens with two attached hydrogens (primary N) is 1. The van der Waals surface area contributed by atoms with Crippen LogP contribution in [0.1, 0.15) is 43.2 Å². The van der Waals surface area contributed by atoms with Crippen molar-refractivity contribution in [1.82, 2.24) is 15.3 Å². The minimum atomic E-state index is -0.307. The highest BCUT2D eigenvalue weighted by atomic mass is 16.2. The molecule has 0 aliphatic carbocycles. The summed E-state index contributed by atoms with van der Waals surface area (Å²) >= 11 is 0. The first-order valence-corrected chi connectivity index (χ1v) is 7.08. The molecule has 1 unspecified atom stereocenters. The molecule has 1 atom stereocenters. The van der Waals surface area contributed by atoms with Gasteiger partial charge >= 0.3 is 0 Å². The van der Waals surface area contributed by atoms with E-state index in [0.29, 0.717) is 11.0 Å². The highest BCUT2D eigenvalue weighted by Gasteiger charge is 2.31. The molecule has 1 aliphatic rings. The molecule has 0 aromatic carbocycles. The molecular weight excluding hydrogens is 252 g/mol. The lowest BCUT2D eigenvalue weighted by atomic mass is 9.80. The third-order valence-corrected chi connectivity index (χ3v) is 4.10. The van der Waals surface area contributed by atoms with E-state index in [4.69, 9.17) is 5.84 Å². The van der Waals surface area contributed by atoms with Gasteiger partial charge in [-0.2, -0.15) is 0 Å². The van der Waals surface area contributed by atoms with Gasteiger partial charge in [-0.15, -0.1) is 0 Å². The van der Waals surface area contributed by atoms with Crippen molar-refractivity contribution >= 4 is 5.91 Å². The molecule has 3 N–H and O–H groups in total. The monoisotopic (exact) mass is 276 g/mol. The molecule has 1 aromatic rings. The molecule has 2 heterocycles. The number of rotatable bonds is 3. The summed E-state index contributed by atoms with van der Waals surface area (Å²) in [5.41, 5.74) is 3.96. The van der Waals surface area contributed by atoms with Crippen LogP contribution in [0.4, 0.5) is 0 Å².